The number of benzene rings is 1. The third-order valence-corrected chi connectivity index (χ3v) is 3.29. The molecule has 0 unspecified atom stereocenters. The number of hydrogen-bond donors (Lipinski definition) is 2. The molecular formula is C12H11N5OS2. The van der Waals surface area contributed by atoms with Gasteiger partial charge in [-0.3, -0.25) is 9.89 Å². The number of nitrogens with zero attached hydrogens (tertiary/aromatic N) is 3. The van der Waals surface area contributed by atoms with Gasteiger partial charge >= 0.3 is 0 Å². The Bertz CT molecular complexity index is 731. The van der Waals surface area contributed by atoms with Gasteiger partial charge < -0.3 is 5.32 Å². The van der Waals surface area contributed by atoms with Gasteiger partial charge in [-0.2, -0.15) is 0 Å². The van der Waals surface area contributed by atoms with Crippen molar-refractivity contribution in [1.29, 1.82) is 0 Å². The number of anilines is 1. The summed E-state index contributed by atoms with van der Waals surface area (Å²) in [5.74, 6) is -0.255. The number of nitrogens with one attached hydrogen (secondary N) is 2. The highest BCUT2D eigenvalue weighted by Crippen LogP contribution is 2.25. The van der Waals surface area contributed by atoms with Crippen molar-refractivity contribution in [2.45, 2.75) is 6.92 Å². The number of carbonyl (C=O) groups is 1. The third-order valence-electron chi connectivity index (χ3n) is 2.32. The average molecular weight is 305 g/mol. The number of hydrogen-bond acceptors (Lipinski definition) is 6. The SMILES string of the molecule is C=CC(=O)Nc1ccc(N=Nc2n[nH]c(=S)s2)c(C)c1. The van der Waals surface area contributed by atoms with Crippen molar-refractivity contribution in [1.82, 2.24) is 10.2 Å². The number of rotatable bonds is 4. The van der Waals surface area contributed by atoms with Crippen LogP contribution in [0.15, 0.2) is 41.1 Å². The summed E-state index contributed by atoms with van der Waals surface area (Å²) >= 11 is 6.16. The zero-order chi connectivity index (χ0) is 14.5. The lowest BCUT2D eigenvalue weighted by Gasteiger charge is -2.04. The van der Waals surface area contributed by atoms with Gasteiger partial charge in [0.2, 0.25) is 11.0 Å². The molecule has 0 aliphatic carbocycles. The topological polar surface area (TPSA) is 82.5 Å². The maximum atomic E-state index is 11.2. The van der Waals surface area contributed by atoms with E-state index in [1.165, 1.54) is 17.4 Å². The van der Waals surface area contributed by atoms with Crippen molar-refractivity contribution in [2.75, 3.05) is 5.32 Å². The number of aromatic amines is 1. The molecule has 2 N–H and O–H groups in total. The first-order valence-corrected chi connectivity index (χ1v) is 6.82. The Hall–Kier alpha value is -2.19. The normalized spacial score (nSPS) is 10.7. The molecule has 1 heterocycles. The van der Waals surface area contributed by atoms with Crippen LogP contribution in [0, 0.1) is 10.9 Å². The summed E-state index contributed by atoms with van der Waals surface area (Å²) in [5.41, 5.74) is 2.26. The summed E-state index contributed by atoms with van der Waals surface area (Å²) in [7, 11) is 0. The highest BCUT2D eigenvalue weighted by molar-refractivity contribution is 7.73. The zero-order valence-electron chi connectivity index (χ0n) is 10.6. The van der Waals surface area contributed by atoms with E-state index in [-0.39, 0.29) is 5.91 Å². The molecule has 2 aromatic rings. The van der Waals surface area contributed by atoms with Crippen molar-refractivity contribution in [3.05, 3.63) is 40.4 Å². The second kappa shape index (κ2) is 6.31. The first kappa shape index (κ1) is 14.2. The number of azo groups is 1. The largest absolute Gasteiger partial charge is 0.323 e. The van der Waals surface area contributed by atoms with E-state index in [1.54, 1.807) is 12.1 Å². The first-order valence-electron chi connectivity index (χ1n) is 5.60. The van der Waals surface area contributed by atoms with E-state index >= 15 is 0 Å². The predicted octanol–water partition coefficient (Wildman–Crippen LogP) is 4.05. The molecule has 1 aromatic carbocycles. The van der Waals surface area contributed by atoms with E-state index in [4.69, 9.17) is 12.2 Å². The van der Waals surface area contributed by atoms with Crippen molar-refractivity contribution < 1.29 is 4.79 Å². The molecule has 20 heavy (non-hydrogen) atoms. The Morgan fingerprint density at radius 1 is 1.55 bits per heavy atom. The molecule has 0 atom stereocenters. The highest BCUT2D eigenvalue weighted by Gasteiger charge is 2.02. The molecule has 0 aliphatic heterocycles. The lowest BCUT2D eigenvalue weighted by Crippen LogP contribution is -2.07. The highest BCUT2D eigenvalue weighted by atomic mass is 32.1. The minimum absolute atomic E-state index is 0.255. The Morgan fingerprint density at radius 2 is 2.35 bits per heavy atom. The van der Waals surface area contributed by atoms with Crippen molar-refractivity contribution >= 4 is 46.0 Å². The van der Waals surface area contributed by atoms with Gasteiger partial charge in [0.1, 0.15) is 0 Å². The fourth-order valence-electron chi connectivity index (χ4n) is 1.40. The number of amides is 1. The summed E-state index contributed by atoms with van der Waals surface area (Å²) in [6.45, 7) is 5.28. The van der Waals surface area contributed by atoms with Gasteiger partial charge in [0.25, 0.3) is 0 Å². The minimum Gasteiger partial charge on any atom is -0.323 e. The molecule has 1 aromatic heterocycles. The van der Waals surface area contributed by atoms with Crippen LogP contribution in [-0.2, 0) is 4.79 Å². The molecule has 0 fully saturated rings. The number of aryl methyl sites for hydroxylation is 1. The van der Waals surface area contributed by atoms with Crippen LogP contribution >= 0.6 is 23.6 Å². The van der Waals surface area contributed by atoms with Crippen molar-refractivity contribution in [3.8, 4) is 0 Å². The average Bonchev–Trinajstić information content (AvgIpc) is 2.83. The van der Waals surface area contributed by atoms with Gasteiger partial charge in [0, 0.05) is 5.69 Å². The lowest BCUT2D eigenvalue weighted by molar-refractivity contribution is -0.111. The second-order valence-electron chi connectivity index (χ2n) is 3.79. The van der Waals surface area contributed by atoms with E-state index in [0.717, 1.165) is 5.56 Å². The van der Waals surface area contributed by atoms with Crippen LogP contribution < -0.4 is 5.32 Å². The molecule has 0 saturated heterocycles. The number of carbonyl (C=O) groups excluding carboxylic acids is 1. The van der Waals surface area contributed by atoms with Crippen LogP contribution in [0.25, 0.3) is 0 Å². The van der Waals surface area contributed by atoms with E-state index in [1.807, 2.05) is 13.0 Å². The van der Waals surface area contributed by atoms with Gasteiger partial charge in [-0.25, -0.2) is 0 Å². The van der Waals surface area contributed by atoms with Crippen LogP contribution in [0.1, 0.15) is 5.56 Å². The van der Waals surface area contributed by atoms with Gasteiger partial charge in [-0.15, -0.1) is 15.3 Å². The Balaban J connectivity index is 2.17. The molecule has 0 spiro atoms. The molecule has 6 nitrogen and oxygen atoms in total. The molecule has 1 amide bonds. The number of aromatic nitrogens is 2. The van der Waals surface area contributed by atoms with Gasteiger partial charge in [-0.1, -0.05) is 17.9 Å². The minimum atomic E-state index is -0.255. The Morgan fingerprint density at radius 3 is 2.95 bits per heavy atom. The van der Waals surface area contributed by atoms with Crippen LogP contribution in [0.5, 0.6) is 0 Å². The summed E-state index contributed by atoms with van der Waals surface area (Å²) in [4.78, 5) is 11.2. The van der Waals surface area contributed by atoms with Crippen LogP contribution in [0.2, 0.25) is 0 Å². The van der Waals surface area contributed by atoms with Crippen molar-refractivity contribution in [3.63, 3.8) is 0 Å². The van der Waals surface area contributed by atoms with Gasteiger partial charge in [0.05, 0.1) is 5.69 Å². The van der Waals surface area contributed by atoms with Gasteiger partial charge in [0.15, 0.2) is 3.95 Å². The molecule has 0 bridgehead atoms. The zero-order valence-corrected chi connectivity index (χ0v) is 12.2. The summed E-state index contributed by atoms with van der Waals surface area (Å²) < 4.78 is 0.554. The van der Waals surface area contributed by atoms with Crippen molar-refractivity contribution in [2.24, 2.45) is 10.2 Å². The maximum Gasteiger partial charge on any atom is 0.250 e. The smallest absolute Gasteiger partial charge is 0.250 e. The Kier molecular flexibility index (Phi) is 4.49. The number of H-pyrrole nitrogens is 1. The van der Waals surface area contributed by atoms with E-state index in [9.17, 15) is 4.79 Å². The maximum absolute atomic E-state index is 11.2. The first-order chi connectivity index (χ1) is 9.58. The third kappa shape index (κ3) is 3.65. The monoisotopic (exact) mass is 305 g/mol. The van der Waals surface area contributed by atoms with E-state index < -0.39 is 0 Å². The summed E-state index contributed by atoms with van der Waals surface area (Å²) in [6.07, 6.45) is 1.22. The van der Waals surface area contributed by atoms with Crippen LogP contribution in [0.3, 0.4) is 0 Å². The molecule has 102 valence electrons. The molecule has 0 radical (unpaired) electrons. The van der Waals surface area contributed by atoms with Gasteiger partial charge in [-0.05, 0) is 49.0 Å². The molecular weight excluding hydrogens is 294 g/mol. The summed E-state index contributed by atoms with van der Waals surface area (Å²) in [5, 5.41) is 17.8. The standard InChI is InChI=1S/C12H11N5OS2/c1-3-10(18)13-8-4-5-9(7(2)6-8)14-15-11-16-17-12(19)20-11/h3-6H,1H2,2H3,(H,13,18)(H,17,19). The predicted molar refractivity (Wildman–Crippen MR) is 81.5 cm³/mol. The van der Waals surface area contributed by atoms with Crippen LogP contribution in [0.4, 0.5) is 16.5 Å². The van der Waals surface area contributed by atoms with E-state index in [0.29, 0.717) is 20.5 Å². The molecule has 0 saturated carbocycles. The molecule has 8 heteroatoms. The van der Waals surface area contributed by atoms with Crippen LogP contribution in [-0.4, -0.2) is 16.1 Å². The lowest BCUT2D eigenvalue weighted by atomic mass is 10.2. The quantitative estimate of drug-likeness (QED) is 0.508. The Labute approximate surface area is 124 Å². The summed E-state index contributed by atoms with van der Waals surface area (Å²) in [6, 6.07) is 5.32. The fourth-order valence-corrected chi connectivity index (χ4v) is 2.10. The fraction of sp³-hybridized carbons (Fsp3) is 0.0833. The second-order valence-corrected chi connectivity index (χ2v) is 5.43. The van der Waals surface area contributed by atoms with E-state index in [2.05, 4.69) is 32.3 Å². The molecule has 2 rings (SSSR count). The molecule has 0 aliphatic rings.